The minimum atomic E-state index is -1.29. The summed E-state index contributed by atoms with van der Waals surface area (Å²) in [6.07, 6.45) is 0. The third-order valence-electron chi connectivity index (χ3n) is 2.31. The van der Waals surface area contributed by atoms with Gasteiger partial charge in [-0.15, -0.1) is 0 Å². The fraction of sp³-hybridized carbons (Fsp3) is 0.250. The molecule has 0 aliphatic heterocycles. The number of carboxylic acids is 1. The van der Waals surface area contributed by atoms with Crippen LogP contribution in [-0.4, -0.2) is 36.1 Å². The summed E-state index contributed by atoms with van der Waals surface area (Å²) in [6, 6.07) is 1.71. The Morgan fingerprint density at radius 3 is 2.43 bits per heavy atom. The van der Waals surface area contributed by atoms with Crippen molar-refractivity contribution in [1.29, 1.82) is 0 Å². The number of urea groups is 1. The molecule has 0 radical (unpaired) electrons. The molecule has 0 fully saturated rings. The van der Waals surface area contributed by atoms with Gasteiger partial charge in [0.2, 0.25) is 5.91 Å². The number of benzene rings is 1. The van der Waals surface area contributed by atoms with Crippen molar-refractivity contribution in [1.82, 2.24) is 10.6 Å². The van der Waals surface area contributed by atoms with Crippen LogP contribution in [0.25, 0.3) is 0 Å². The zero-order chi connectivity index (χ0) is 16.0. The summed E-state index contributed by atoms with van der Waals surface area (Å²) in [4.78, 5) is 33.9. The quantitative estimate of drug-likeness (QED) is 0.660. The van der Waals surface area contributed by atoms with E-state index in [1.54, 1.807) is 6.92 Å². The largest absolute Gasteiger partial charge is 0.478 e. The summed E-state index contributed by atoms with van der Waals surface area (Å²) in [7, 11) is 0. The SMILES string of the molecule is CCNC(=O)CNC(=O)Nc1c(Cl)cc(Cl)cc1C(=O)O. The molecule has 0 aliphatic rings. The molecule has 0 aromatic heterocycles. The number of hydrogen-bond donors (Lipinski definition) is 4. The van der Waals surface area contributed by atoms with Gasteiger partial charge >= 0.3 is 12.0 Å². The van der Waals surface area contributed by atoms with Crippen molar-refractivity contribution >= 4 is 46.8 Å². The van der Waals surface area contributed by atoms with Crippen molar-refractivity contribution in [2.75, 3.05) is 18.4 Å². The summed E-state index contributed by atoms with van der Waals surface area (Å²) in [5.74, 6) is -1.66. The van der Waals surface area contributed by atoms with Gasteiger partial charge in [0.05, 0.1) is 22.8 Å². The Labute approximate surface area is 130 Å². The van der Waals surface area contributed by atoms with Crippen LogP contribution in [0.3, 0.4) is 0 Å². The smallest absolute Gasteiger partial charge is 0.337 e. The van der Waals surface area contributed by atoms with Crippen molar-refractivity contribution in [2.24, 2.45) is 0 Å². The Morgan fingerprint density at radius 1 is 1.19 bits per heavy atom. The molecule has 0 unspecified atom stereocenters. The van der Waals surface area contributed by atoms with E-state index in [1.165, 1.54) is 6.07 Å². The fourth-order valence-corrected chi connectivity index (χ4v) is 1.99. The lowest BCUT2D eigenvalue weighted by atomic mass is 10.2. The van der Waals surface area contributed by atoms with Crippen LogP contribution in [0.1, 0.15) is 17.3 Å². The molecule has 3 amide bonds. The van der Waals surface area contributed by atoms with Crippen LogP contribution in [-0.2, 0) is 4.79 Å². The average Bonchev–Trinajstić information content (AvgIpc) is 2.39. The van der Waals surface area contributed by atoms with Gasteiger partial charge in [0.15, 0.2) is 0 Å². The van der Waals surface area contributed by atoms with Gasteiger partial charge in [-0.25, -0.2) is 9.59 Å². The van der Waals surface area contributed by atoms with Crippen molar-refractivity contribution in [3.8, 4) is 0 Å². The lowest BCUT2D eigenvalue weighted by Gasteiger charge is -2.12. The summed E-state index contributed by atoms with van der Waals surface area (Å²) >= 11 is 11.6. The summed E-state index contributed by atoms with van der Waals surface area (Å²) in [5, 5.41) is 16.2. The maximum atomic E-state index is 11.6. The third-order valence-corrected chi connectivity index (χ3v) is 2.82. The Morgan fingerprint density at radius 2 is 1.86 bits per heavy atom. The number of amides is 3. The van der Waals surface area contributed by atoms with Crippen LogP contribution in [0, 0.1) is 0 Å². The highest BCUT2D eigenvalue weighted by Crippen LogP contribution is 2.30. The van der Waals surface area contributed by atoms with Crippen molar-refractivity contribution < 1.29 is 19.5 Å². The molecule has 7 nitrogen and oxygen atoms in total. The summed E-state index contributed by atoms with van der Waals surface area (Å²) < 4.78 is 0. The maximum absolute atomic E-state index is 11.6. The standard InChI is InChI=1S/C12H13Cl2N3O4/c1-2-15-9(18)5-16-12(21)17-10-7(11(19)20)3-6(13)4-8(10)14/h3-4H,2,5H2,1H3,(H,15,18)(H,19,20)(H2,16,17,21). The number of halogens is 2. The monoisotopic (exact) mass is 333 g/mol. The first-order chi connectivity index (χ1) is 9.85. The number of carboxylic acid groups (broad SMARTS) is 1. The first kappa shape index (κ1) is 17.1. The second-order valence-corrected chi connectivity index (χ2v) is 4.72. The van der Waals surface area contributed by atoms with Gasteiger partial charge in [0.1, 0.15) is 0 Å². The molecule has 0 aliphatic carbocycles. The van der Waals surface area contributed by atoms with Gasteiger partial charge < -0.3 is 21.1 Å². The molecule has 0 spiro atoms. The van der Waals surface area contributed by atoms with Crippen LogP contribution >= 0.6 is 23.2 Å². The van der Waals surface area contributed by atoms with E-state index in [2.05, 4.69) is 16.0 Å². The molecule has 0 atom stereocenters. The molecule has 21 heavy (non-hydrogen) atoms. The van der Waals surface area contributed by atoms with Gasteiger partial charge in [-0.2, -0.15) is 0 Å². The number of carbonyl (C=O) groups is 3. The van der Waals surface area contributed by atoms with E-state index >= 15 is 0 Å². The highest BCUT2D eigenvalue weighted by molar-refractivity contribution is 6.37. The maximum Gasteiger partial charge on any atom is 0.337 e. The molecule has 9 heteroatoms. The number of hydrogen-bond acceptors (Lipinski definition) is 3. The lowest BCUT2D eigenvalue weighted by Crippen LogP contribution is -2.39. The Bertz CT molecular complexity index is 578. The molecule has 114 valence electrons. The van der Waals surface area contributed by atoms with Crippen molar-refractivity contribution in [2.45, 2.75) is 6.92 Å². The molecule has 1 aromatic rings. The summed E-state index contributed by atoms with van der Waals surface area (Å²) in [5.41, 5.74) is -0.345. The van der Waals surface area contributed by atoms with Gasteiger partial charge in [-0.05, 0) is 19.1 Å². The number of nitrogens with one attached hydrogen (secondary N) is 3. The molecule has 0 saturated carbocycles. The van der Waals surface area contributed by atoms with Gasteiger partial charge in [0, 0.05) is 11.6 Å². The van der Waals surface area contributed by atoms with E-state index in [0.29, 0.717) is 6.54 Å². The van der Waals surface area contributed by atoms with Crippen LogP contribution in [0.2, 0.25) is 10.0 Å². The fourth-order valence-electron chi connectivity index (χ4n) is 1.45. The molecule has 1 aromatic carbocycles. The topological polar surface area (TPSA) is 108 Å². The first-order valence-corrected chi connectivity index (χ1v) is 6.64. The molecule has 1 rings (SSSR count). The van der Waals surface area contributed by atoms with Gasteiger partial charge in [-0.3, -0.25) is 4.79 Å². The first-order valence-electron chi connectivity index (χ1n) is 5.89. The molecular formula is C12H13Cl2N3O4. The minimum Gasteiger partial charge on any atom is -0.478 e. The van der Waals surface area contributed by atoms with Crippen LogP contribution in [0.4, 0.5) is 10.5 Å². The van der Waals surface area contributed by atoms with Crippen LogP contribution < -0.4 is 16.0 Å². The van der Waals surface area contributed by atoms with Gasteiger partial charge in [0.25, 0.3) is 0 Å². The van der Waals surface area contributed by atoms with Crippen LogP contribution in [0.15, 0.2) is 12.1 Å². The van der Waals surface area contributed by atoms with E-state index in [1.807, 2.05) is 0 Å². The molecule has 0 heterocycles. The zero-order valence-electron chi connectivity index (χ0n) is 11.0. The van der Waals surface area contributed by atoms with E-state index in [0.717, 1.165) is 6.07 Å². The highest BCUT2D eigenvalue weighted by atomic mass is 35.5. The molecule has 0 bridgehead atoms. The van der Waals surface area contributed by atoms with E-state index in [-0.39, 0.29) is 33.7 Å². The lowest BCUT2D eigenvalue weighted by molar-refractivity contribution is -0.119. The van der Waals surface area contributed by atoms with E-state index in [9.17, 15) is 14.4 Å². The van der Waals surface area contributed by atoms with E-state index in [4.69, 9.17) is 28.3 Å². The number of carbonyl (C=O) groups excluding carboxylic acids is 2. The summed E-state index contributed by atoms with van der Waals surface area (Å²) in [6.45, 7) is 1.94. The van der Waals surface area contributed by atoms with Crippen molar-refractivity contribution in [3.63, 3.8) is 0 Å². The number of anilines is 1. The molecule has 4 N–H and O–H groups in total. The highest BCUT2D eigenvalue weighted by Gasteiger charge is 2.17. The predicted molar refractivity (Wildman–Crippen MR) is 79.1 cm³/mol. The number of likely N-dealkylation sites (N-methyl/N-ethyl adjacent to an activating group) is 1. The van der Waals surface area contributed by atoms with Crippen molar-refractivity contribution in [3.05, 3.63) is 27.7 Å². The zero-order valence-corrected chi connectivity index (χ0v) is 12.5. The number of aromatic carboxylic acids is 1. The van der Waals surface area contributed by atoms with E-state index < -0.39 is 12.0 Å². The Kier molecular flexibility index (Phi) is 6.26. The van der Waals surface area contributed by atoms with Gasteiger partial charge in [-0.1, -0.05) is 23.2 Å². The second-order valence-electron chi connectivity index (χ2n) is 3.88. The molecule has 0 saturated heterocycles. The predicted octanol–water partition coefficient (Wildman–Crippen LogP) is 1.95. The third kappa shape index (κ3) is 5.13. The normalized spacial score (nSPS) is 9.86. The minimum absolute atomic E-state index is 0.0203. The second kappa shape index (κ2) is 7.70. The molecular weight excluding hydrogens is 321 g/mol. The number of rotatable bonds is 5. The van der Waals surface area contributed by atoms with Crippen LogP contribution in [0.5, 0.6) is 0 Å². The average molecular weight is 334 g/mol. The Balaban J connectivity index is 2.80. The Hall–Kier alpha value is -1.99.